The van der Waals surface area contributed by atoms with E-state index in [1.807, 2.05) is 0 Å². The van der Waals surface area contributed by atoms with E-state index in [2.05, 4.69) is 10.0 Å². The molecular formula is C28H17Cl2F3N2O4S. The fraction of sp³-hybridized carbons (Fsp3) is 0.0357. The Morgan fingerprint density at radius 1 is 0.850 bits per heavy atom. The number of nitrogens with one attached hydrogen (secondary N) is 2. The summed E-state index contributed by atoms with van der Waals surface area (Å²) < 4.78 is 72.6. The summed E-state index contributed by atoms with van der Waals surface area (Å²) in [6.07, 6.45) is -2.96. The van der Waals surface area contributed by atoms with Gasteiger partial charge < -0.3 is 10.1 Å². The first kappa shape index (κ1) is 27.6. The summed E-state index contributed by atoms with van der Waals surface area (Å²) in [5.74, 6) is 0.484. The largest absolute Gasteiger partial charge is 0.457 e. The molecule has 0 spiro atoms. The van der Waals surface area contributed by atoms with Crippen molar-refractivity contribution in [1.29, 1.82) is 0 Å². The molecular weight excluding hydrogens is 588 g/mol. The summed E-state index contributed by atoms with van der Waals surface area (Å²) in [6, 6.07) is 19.4. The van der Waals surface area contributed by atoms with Crippen molar-refractivity contribution >= 4 is 62.2 Å². The third-order valence-electron chi connectivity index (χ3n) is 5.84. The van der Waals surface area contributed by atoms with E-state index in [1.54, 1.807) is 48.5 Å². The van der Waals surface area contributed by atoms with Gasteiger partial charge in [0.25, 0.3) is 15.9 Å². The lowest BCUT2D eigenvalue weighted by atomic mass is 10.0. The highest BCUT2D eigenvalue weighted by atomic mass is 35.5. The second kappa shape index (κ2) is 10.5. The van der Waals surface area contributed by atoms with E-state index in [-0.39, 0.29) is 16.2 Å². The van der Waals surface area contributed by atoms with E-state index in [1.165, 1.54) is 18.2 Å². The Kier molecular flexibility index (Phi) is 7.26. The zero-order valence-electron chi connectivity index (χ0n) is 20.1. The van der Waals surface area contributed by atoms with Gasteiger partial charge in [-0.05, 0) is 78.4 Å². The average Bonchev–Trinajstić information content (AvgIpc) is 3.20. The number of halogens is 5. The minimum atomic E-state index is -4.55. The van der Waals surface area contributed by atoms with Crippen molar-refractivity contribution < 1.29 is 31.1 Å². The first-order chi connectivity index (χ1) is 18.9. The van der Waals surface area contributed by atoms with Crippen molar-refractivity contribution in [2.75, 3.05) is 10.0 Å². The summed E-state index contributed by atoms with van der Waals surface area (Å²) in [6.45, 7) is 0. The maximum absolute atomic E-state index is 13.0. The molecule has 2 N–H and O–H groups in total. The number of ether oxygens (including phenoxy) is 1. The zero-order valence-corrected chi connectivity index (χ0v) is 22.4. The number of carbonyl (C=O) groups excluding carboxylic acids is 1. The molecule has 1 amide bonds. The fourth-order valence-electron chi connectivity index (χ4n) is 3.93. The maximum Gasteiger partial charge on any atom is 0.416 e. The molecule has 0 aliphatic carbocycles. The number of sulfonamides is 1. The van der Waals surface area contributed by atoms with Gasteiger partial charge in [0.1, 0.15) is 11.5 Å². The van der Waals surface area contributed by atoms with Gasteiger partial charge in [-0.15, -0.1) is 0 Å². The van der Waals surface area contributed by atoms with E-state index in [4.69, 9.17) is 27.9 Å². The number of hydrogen-bond acceptors (Lipinski definition) is 4. The van der Waals surface area contributed by atoms with Gasteiger partial charge in [0.15, 0.2) is 0 Å². The minimum absolute atomic E-state index is 0.0442. The summed E-state index contributed by atoms with van der Waals surface area (Å²) >= 11 is 12.0. The monoisotopic (exact) mass is 604 g/mol. The molecule has 1 aliphatic rings. The zero-order chi connectivity index (χ0) is 28.7. The predicted octanol–water partition coefficient (Wildman–Crippen LogP) is 8.10. The molecule has 1 heterocycles. The van der Waals surface area contributed by atoms with Crippen LogP contribution in [0, 0.1) is 0 Å². The standard InChI is InChI=1S/C28H17Cl2F3N2O4S/c29-24-10-8-20(14-25(24)30)39-19-3-1-2-16(12-19)13-23-22-15-21(9-11-26(22)34-27(23)36)40(37,38)35-18-6-4-17(5-7-18)28(31,32)33/h1-15,35H,(H,34,36). The predicted molar refractivity (Wildman–Crippen MR) is 148 cm³/mol. The van der Waals surface area contributed by atoms with Crippen LogP contribution in [0.15, 0.2) is 89.8 Å². The minimum Gasteiger partial charge on any atom is -0.457 e. The molecule has 0 radical (unpaired) electrons. The normalized spacial score (nSPS) is 14.1. The number of alkyl halides is 3. The summed E-state index contributed by atoms with van der Waals surface area (Å²) in [5, 5.41) is 3.41. The highest BCUT2D eigenvalue weighted by Gasteiger charge is 2.30. The van der Waals surface area contributed by atoms with Gasteiger partial charge in [0.2, 0.25) is 0 Å². The second-order valence-electron chi connectivity index (χ2n) is 8.65. The smallest absolute Gasteiger partial charge is 0.416 e. The van der Waals surface area contributed by atoms with Crippen molar-refractivity contribution in [3.05, 3.63) is 112 Å². The van der Waals surface area contributed by atoms with Crippen LogP contribution in [0.5, 0.6) is 11.5 Å². The molecule has 0 atom stereocenters. The van der Waals surface area contributed by atoms with Gasteiger partial charge in [-0.25, -0.2) is 8.42 Å². The lowest BCUT2D eigenvalue weighted by Crippen LogP contribution is -2.13. The van der Waals surface area contributed by atoms with E-state index >= 15 is 0 Å². The summed E-state index contributed by atoms with van der Waals surface area (Å²) in [7, 11) is -4.18. The van der Waals surface area contributed by atoms with Gasteiger partial charge in [-0.3, -0.25) is 9.52 Å². The number of anilines is 2. The number of benzene rings is 4. The third kappa shape index (κ3) is 5.94. The number of carbonyl (C=O) groups is 1. The third-order valence-corrected chi connectivity index (χ3v) is 7.96. The van der Waals surface area contributed by atoms with E-state index in [0.717, 1.165) is 24.3 Å². The first-order valence-corrected chi connectivity index (χ1v) is 13.7. The number of amides is 1. The molecule has 5 rings (SSSR count). The van der Waals surface area contributed by atoms with Crippen molar-refractivity contribution in [1.82, 2.24) is 0 Å². The Bertz CT molecular complexity index is 1770. The molecule has 6 nitrogen and oxygen atoms in total. The molecule has 40 heavy (non-hydrogen) atoms. The van der Waals surface area contributed by atoms with Gasteiger partial charge in [0.05, 0.1) is 20.5 Å². The van der Waals surface area contributed by atoms with E-state index < -0.39 is 27.7 Å². The van der Waals surface area contributed by atoms with Crippen LogP contribution in [0.1, 0.15) is 16.7 Å². The van der Waals surface area contributed by atoms with Crippen molar-refractivity contribution in [2.45, 2.75) is 11.1 Å². The van der Waals surface area contributed by atoms with Crippen LogP contribution in [0.25, 0.3) is 11.6 Å². The molecule has 12 heteroatoms. The second-order valence-corrected chi connectivity index (χ2v) is 11.1. The topological polar surface area (TPSA) is 84.5 Å². The van der Waals surface area contributed by atoms with E-state index in [9.17, 15) is 26.4 Å². The van der Waals surface area contributed by atoms with Crippen LogP contribution in [-0.4, -0.2) is 14.3 Å². The number of fused-ring (bicyclic) bond motifs is 1. The SMILES string of the molecule is O=C1Nc2ccc(S(=O)(=O)Nc3ccc(C(F)(F)F)cc3)cc2C1=Cc1cccc(Oc2ccc(Cl)c(Cl)c2)c1. The van der Waals surface area contributed by atoms with Crippen molar-refractivity contribution in [3.8, 4) is 11.5 Å². The van der Waals surface area contributed by atoms with Crippen LogP contribution in [0.4, 0.5) is 24.5 Å². The maximum atomic E-state index is 13.0. The molecule has 0 fully saturated rings. The first-order valence-electron chi connectivity index (χ1n) is 11.5. The lowest BCUT2D eigenvalue weighted by molar-refractivity contribution is -0.137. The van der Waals surface area contributed by atoms with Crippen LogP contribution in [0.3, 0.4) is 0 Å². The lowest BCUT2D eigenvalue weighted by Gasteiger charge is -2.11. The van der Waals surface area contributed by atoms with Gasteiger partial charge in [0, 0.05) is 28.6 Å². The molecule has 1 aliphatic heterocycles. The molecule has 0 saturated heterocycles. The van der Waals surface area contributed by atoms with Gasteiger partial charge >= 0.3 is 6.18 Å². The molecule has 204 valence electrons. The fourth-order valence-corrected chi connectivity index (χ4v) is 5.30. The summed E-state index contributed by atoms with van der Waals surface area (Å²) in [5.41, 5.74) is 0.625. The Morgan fingerprint density at radius 2 is 1.57 bits per heavy atom. The van der Waals surface area contributed by atoms with Crippen LogP contribution >= 0.6 is 23.2 Å². The molecule has 0 bridgehead atoms. The van der Waals surface area contributed by atoms with Crippen LogP contribution in [-0.2, 0) is 21.0 Å². The Morgan fingerprint density at radius 3 is 2.27 bits per heavy atom. The highest BCUT2D eigenvalue weighted by Crippen LogP contribution is 2.36. The van der Waals surface area contributed by atoms with Gasteiger partial charge in [-0.1, -0.05) is 35.3 Å². The Balaban J connectivity index is 1.41. The van der Waals surface area contributed by atoms with Crippen LogP contribution < -0.4 is 14.8 Å². The highest BCUT2D eigenvalue weighted by molar-refractivity contribution is 7.92. The molecule has 4 aromatic rings. The van der Waals surface area contributed by atoms with Crippen molar-refractivity contribution in [2.24, 2.45) is 0 Å². The Hall–Kier alpha value is -3.99. The molecule has 0 aromatic heterocycles. The Labute approximate surface area is 237 Å². The molecule has 4 aromatic carbocycles. The number of rotatable bonds is 6. The molecule has 0 unspecified atom stereocenters. The average molecular weight is 605 g/mol. The molecule has 0 saturated carbocycles. The van der Waals surface area contributed by atoms with Gasteiger partial charge in [-0.2, -0.15) is 13.2 Å². The quantitative estimate of drug-likeness (QED) is 0.218. The van der Waals surface area contributed by atoms with Crippen LogP contribution in [0.2, 0.25) is 10.0 Å². The van der Waals surface area contributed by atoms with E-state index in [0.29, 0.717) is 38.4 Å². The summed E-state index contributed by atoms with van der Waals surface area (Å²) in [4.78, 5) is 12.6. The number of hydrogen-bond donors (Lipinski definition) is 2. The van der Waals surface area contributed by atoms with Crippen molar-refractivity contribution in [3.63, 3.8) is 0 Å².